The highest BCUT2D eigenvalue weighted by Gasteiger charge is 2.21. The largest absolute Gasteiger partial charge is 0.378 e. The molecule has 3 rings (SSSR count). The van der Waals surface area contributed by atoms with Gasteiger partial charge in [-0.3, -0.25) is 14.9 Å². The van der Waals surface area contributed by atoms with Gasteiger partial charge in [0.1, 0.15) is 10.6 Å². The predicted molar refractivity (Wildman–Crippen MR) is 109 cm³/mol. The minimum absolute atomic E-state index is 0.0000432. The third kappa shape index (κ3) is 4.79. The van der Waals surface area contributed by atoms with E-state index in [0.29, 0.717) is 4.47 Å². The molecule has 0 saturated carbocycles. The number of hydrogen-bond acceptors (Lipinski definition) is 6. The Morgan fingerprint density at radius 3 is 2.41 bits per heavy atom. The lowest BCUT2D eigenvalue weighted by Crippen LogP contribution is -2.15. The van der Waals surface area contributed by atoms with Gasteiger partial charge in [-0.1, -0.05) is 30.3 Å². The van der Waals surface area contributed by atoms with Crippen LogP contribution in [0, 0.1) is 10.1 Å². The molecule has 0 saturated heterocycles. The fourth-order valence-electron chi connectivity index (χ4n) is 2.40. The number of nitrogens with one attached hydrogen (secondary N) is 1. The topological polar surface area (TPSA) is 116 Å². The van der Waals surface area contributed by atoms with E-state index < -0.39 is 20.9 Å². The van der Waals surface area contributed by atoms with Gasteiger partial charge in [0.2, 0.25) is 0 Å². The zero-order valence-corrected chi connectivity index (χ0v) is 17.0. The third-order valence-corrected chi connectivity index (χ3v) is 5.66. The lowest BCUT2D eigenvalue weighted by molar-refractivity contribution is -0.383. The van der Waals surface area contributed by atoms with Gasteiger partial charge in [-0.15, -0.1) is 0 Å². The quantitative estimate of drug-likeness (QED) is 0.320. The van der Waals surface area contributed by atoms with Crippen molar-refractivity contribution in [2.24, 2.45) is 0 Å². The van der Waals surface area contributed by atoms with Gasteiger partial charge >= 0.3 is 10.1 Å². The van der Waals surface area contributed by atoms with Gasteiger partial charge in [0.25, 0.3) is 11.6 Å². The molecule has 29 heavy (non-hydrogen) atoms. The molecule has 0 heterocycles. The lowest BCUT2D eigenvalue weighted by Gasteiger charge is -2.10. The summed E-state index contributed by atoms with van der Waals surface area (Å²) in [7, 11) is -4.20. The van der Waals surface area contributed by atoms with Gasteiger partial charge in [-0.25, -0.2) is 0 Å². The van der Waals surface area contributed by atoms with Crippen LogP contribution in [0.2, 0.25) is 0 Å². The van der Waals surface area contributed by atoms with Gasteiger partial charge in [0.15, 0.2) is 5.75 Å². The van der Waals surface area contributed by atoms with Crippen LogP contribution in [0.1, 0.15) is 10.4 Å². The summed E-state index contributed by atoms with van der Waals surface area (Å²) in [5, 5.41) is 13.5. The minimum Gasteiger partial charge on any atom is -0.378 e. The molecule has 0 radical (unpaired) electrons. The molecule has 10 heteroatoms. The molecule has 0 aliphatic heterocycles. The fraction of sp³-hybridized carbons (Fsp3) is 0. The molecule has 3 aromatic carbocycles. The van der Waals surface area contributed by atoms with Crippen LogP contribution in [-0.2, 0) is 10.1 Å². The highest BCUT2D eigenvalue weighted by atomic mass is 79.9. The van der Waals surface area contributed by atoms with Crippen LogP contribution >= 0.6 is 15.9 Å². The molecule has 0 aromatic heterocycles. The van der Waals surface area contributed by atoms with Crippen molar-refractivity contribution in [1.29, 1.82) is 0 Å². The lowest BCUT2D eigenvalue weighted by atomic mass is 10.2. The summed E-state index contributed by atoms with van der Waals surface area (Å²) in [4.78, 5) is 22.7. The highest BCUT2D eigenvalue weighted by Crippen LogP contribution is 2.28. The van der Waals surface area contributed by atoms with Crippen LogP contribution in [0.5, 0.6) is 5.75 Å². The van der Waals surface area contributed by atoms with Gasteiger partial charge in [0, 0.05) is 11.6 Å². The standard InChI is InChI=1S/C19H13BrN2O6S/c20-15-8-1-4-11-18(15)28-29(26,27)14-7-5-6-13(12-14)19(23)21-16-9-2-3-10-17(16)22(24)25/h1-12H,(H,21,23). The first-order valence-electron chi connectivity index (χ1n) is 8.12. The van der Waals surface area contributed by atoms with Gasteiger partial charge in [-0.05, 0) is 52.3 Å². The molecule has 0 aliphatic carbocycles. The molecule has 0 aliphatic rings. The number of amides is 1. The van der Waals surface area contributed by atoms with E-state index >= 15 is 0 Å². The SMILES string of the molecule is O=C(Nc1ccccc1[N+](=O)[O-])c1cccc(S(=O)(=O)Oc2ccccc2Br)c1. The smallest absolute Gasteiger partial charge is 0.339 e. The van der Waals surface area contributed by atoms with Crippen molar-refractivity contribution in [3.05, 3.63) is 92.9 Å². The van der Waals surface area contributed by atoms with Crippen LogP contribution in [0.25, 0.3) is 0 Å². The van der Waals surface area contributed by atoms with E-state index in [4.69, 9.17) is 4.18 Å². The van der Waals surface area contributed by atoms with E-state index in [1.807, 2.05) is 0 Å². The molecule has 0 fully saturated rings. The fourth-order valence-corrected chi connectivity index (χ4v) is 3.87. The number of anilines is 1. The molecule has 3 aromatic rings. The zero-order chi connectivity index (χ0) is 21.0. The average molecular weight is 477 g/mol. The van der Waals surface area contributed by atoms with Crippen molar-refractivity contribution in [2.45, 2.75) is 4.90 Å². The third-order valence-electron chi connectivity index (χ3n) is 3.77. The summed E-state index contributed by atoms with van der Waals surface area (Å²) >= 11 is 3.21. The second kappa shape index (κ2) is 8.41. The van der Waals surface area contributed by atoms with Crippen molar-refractivity contribution in [3.8, 4) is 5.75 Å². The maximum absolute atomic E-state index is 12.6. The first-order valence-corrected chi connectivity index (χ1v) is 10.3. The second-order valence-corrected chi connectivity index (χ2v) is 8.12. The average Bonchev–Trinajstić information content (AvgIpc) is 2.70. The molecule has 0 atom stereocenters. The number of benzene rings is 3. The van der Waals surface area contributed by atoms with Crippen LogP contribution in [-0.4, -0.2) is 19.2 Å². The molecular formula is C19H13BrN2O6S. The number of hydrogen-bond donors (Lipinski definition) is 1. The molecular weight excluding hydrogens is 464 g/mol. The van der Waals surface area contributed by atoms with E-state index in [0.717, 1.165) is 6.07 Å². The Hall–Kier alpha value is -3.24. The van der Waals surface area contributed by atoms with Crippen molar-refractivity contribution in [2.75, 3.05) is 5.32 Å². The summed E-state index contributed by atoms with van der Waals surface area (Å²) in [6, 6.07) is 17.3. The van der Waals surface area contributed by atoms with Crippen molar-refractivity contribution in [1.82, 2.24) is 0 Å². The highest BCUT2D eigenvalue weighted by molar-refractivity contribution is 9.10. The molecule has 0 bridgehead atoms. The zero-order valence-electron chi connectivity index (χ0n) is 14.6. The van der Waals surface area contributed by atoms with Crippen LogP contribution < -0.4 is 9.50 Å². The maximum atomic E-state index is 12.6. The number of nitro groups is 1. The van der Waals surface area contributed by atoms with E-state index in [1.54, 1.807) is 18.2 Å². The van der Waals surface area contributed by atoms with E-state index in [2.05, 4.69) is 21.2 Å². The number of halogens is 1. The predicted octanol–water partition coefficient (Wildman–Crippen LogP) is 4.38. The van der Waals surface area contributed by atoms with E-state index in [1.165, 1.54) is 48.5 Å². The first kappa shape index (κ1) is 20.5. The van der Waals surface area contributed by atoms with Crippen molar-refractivity contribution in [3.63, 3.8) is 0 Å². The van der Waals surface area contributed by atoms with E-state index in [9.17, 15) is 23.3 Å². The molecule has 0 spiro atoms. The Kier molecular flexibility index (Phi) is 5.95. The summed E-state index contributed by atoms with van der Waals surface area (Å²) in [6.07, 6.45) is 0. The van der Waals surface area contributed by atoms with Gasteiger partial charge in [-0.2, -0.15) is 8.42 Å². The molecule has 1 amide bonds. The normalized spacial score (nSPS) is 10.9. The van der Waals surface area contributed by atoms with Crippen molar-refractivity contribution >= 4 is 43.3 Å². The molecule has 148 valence electrons. The van der Waals surface area contributed by atoms with Crippen LogP contribution in [0.15, 0.2) is 82.2 Å². The molecule has 8 nitrogen and oxygen atoms in total. The summed E-state index contributed by atoms with van der Waals surface area (Å²) < 4.78 is 30.7. The number of nitrogens with zero attached hydrogens (tertiary/aromatic N) is 1. The molecule has 0 unspecified atom stereocenters. The second-order valence-electron chi connectivity index (χ2n) is 5.72. The van der Waals surface area contributed by atoms with Gasteiger partial charge < -0.3 is 9.50 Å². The maximum Gasteiger partial charge on any atom is 0.339 e. The number of rotatable bonds is 6. The number of carbonyl (C=O) groups is 1. The minimum atomic E-state index is -4.20. The van der Waals surface area contributed by atoms with Crippen LogP contribution in [0.4, 0.5) is 11.4 Å². The molecule has 1 N–H and O–H groups in total. The summed E-state index contributed by atoms with van der Waals surface area (Å²) in [5.41, 5.74) is -0.276. The Labute approximate surface area is 174 Å². The van der Waals surface area contributed by atoms with Crippen LogP contribution in [0.3, 0.4) is 0 Å². The summed E-state index contributed by atoms with van der Waals surface area (Å²) in [5.74, 6) is -0.598. The number of nitro benzene ring substituents is 1. The Morgan fingerprint density at radius 1 is 1.00 bits per heavy atom. The first-order chi connectivity index (χ1) is 13.8. The monoisotopic (exact) mass is 476 g/mol. The Morgan fingerprint density at radius 2 is 1.69 bits per heavy atom. The Bertz CT molecular complexity index is 1200. The van der Waals surface area contributed by atoms with E-state index in [-0.39, 0.29) is 27.6 Å². The Balaban J connectivity index is 1.87. The number of carbonyl (C=O) groups excluding carboxylic acids is 1. The van der Waals surface area contributed by atoms with Gasteiger partial charge in [0.05, 0.1) is 9.40 Å². The number of para-hydroxylation sites is 3. The van der Waals surface area contributed by atoms with Crippen molar-refractivity contribution < 1.29 is 22.3 Å². The summed E-state index contributed by atoms with van der Waals surface area (Å²) in [6.45, 7) is 0.